The summed E-state index contributed by atoms with van der Waals surface area (Å²) in [5, 5.41) is 17.3. The number of phenolic OH excluding ortho intramolecular Hbond substituents is 1. The SMILES string of the molecule is O=C(O)C(Cc1ccc(O)c(P(=O)=O)c1P(=O)=O)N1C(=O)CCC1=O. The van der Waals surface area contributed by atoms with E-state index < -0.39 is 62.0 Å². The fourth-order valence-corrected chi connectivity index (χ4v) is 4.35. The van der Waals surface area contributed by atoms with Crippen molar-refractivity contribution in [1.82, 2.24) is 4.90 Å². The van der Waals surface area contributed by atoms with Gasteiger partial charge in [-0.15, -0.1) is 0 Å². The van der Waals surface area contributed by atoms with Crippen molar-refractivity contribution >= 4 is 43.8 Å². The smallest absolute Gasteiger partial charge is 0.353 e. The predicted octanol–water partition coefficient (Wildman–Crippen LogP) is 0.133. The van der Waals surface area contributed by atoms with Crippen LogP contribution in [0, 0.1) is 0 Å². The Balaban J connectivity index is 2.57. The van der Waals surface area contributed by atoms with Crippen LogP contribution in [0.15, 0.2) is 12.1 Å². The normalized spacial score (nSPS) is 15.3. The van der Waals surface area contributed by atoms with E-state index in [2.05, 4.69) is 0 Å². The van der Waals surface area contributed by atoms with E-state index in [-0.39, 0.29) is 18.4 Å². The number of carbonyl (C=O) groups is 3. The summed E-state index contributed by atoms with van der Waals surface area (Å²) in [7, 11) is -6.98. The Bertz CT molecular complexity index is 884. The zero-order valence-corrected chi connectivity index (χ0v) is 14.2. The lowest BCUT2D eigenvalue weighted by molar-refractivity contribution is -0.154. The lowest BCUT2D eigenvalue weighted by Crippen LogP contribution is -2.46. The van der Waals surface area contributed by atoms with Gasteiger partial charge in [-0.3, -0.25) is 14.5 Å². The molecule has 1 aliphatic rings. The number of likely N-dealkylation sites (tertiary alicyclic amines) is 1. The van der Waals surface area contributed by atoms with Gasteiger partial charge in [-0.25, -0.2) is 23.1 Å². The third-order valence-corrected chi connectivity index (χ3v) is 5.55. The summed E-state index contributed by atoms with van der Waals surface area (Å²) >= 11 is 0. The number of hydrogen-bond donors (Lipinski definition) is 2. The number of rotatable bonds is 6. The second-order valence-corrected chi connectivity index (χ2v) is 7.09. The fraction of sp³-hybridized carbons (Fsp3) is 0.308. The minimum Gasteiger partial charge on any atom is -0.507 e. The van der Waals surface area contributed by atoms with Crippen molar-refractivity contribution in [2.24, 2.45) is 0 Å². The number of aliphatic carboxylic acids is 1. The molecule has 0 spiro atoms. The van der Waals surface area contributed by atoms with Crippen molar-refractivity contribution in [3.05, 3.63) is 17.7 Å². The summed E-state index contributed by atoms with van der Waals surface area (Å²) < 4.78 is 45.4. The van der Waals surface area contributed by atoms with Crippen LogP contribution >= 0.6 is 15.4 Å². The topological polar surface area (TPSA) is 163 Å². The molecule has 10 nitrogen and oxygen atoms in total. The maximum Gasteiger partial charge on any atom is 0.353 e. The Kier molecular flexibility index (Phi) is 5.35. The van der Waals surface area contributed by atoms with Crippen LogP contribution in [0.5, 0.6) is 5.75 Å². The summed E-state index contributed by atoms with van der Waals surface area (Å²) in [6.07, 6.45) is -0.918. The average Bonchev–Trinajstić information content (AvgIpc) is 2.84. The number of carboxylic acids is 1. The van der Waals surface area contributed by atoms with E-state index in [1.165, 1.54) is 0 Å². The van der Waals surface area contributed by atoms with Crippen molar-refractivity contribution in [2.75, 3.05) is 0 Å². The van der Waals surface area contributed by atoms with E-state index in [4.69, 9.17) is 0 Å². The van der Waals surface area contributed by atoms with Crippen LogP contribution in [-0.4, -0.2) is 38.9 Å². The second kappa shape index (κ2) is 7.13. The highest BCUT2D eigenvalue weighted by Gasteiger charge is 2.39. The number of aromatic hydroxyl groups is 1. The molecule has 12 heteroatoms. The highest BCUT2D eigenvalue weighted by molar-refractivity contribution is 7.48. The molecule has 0 saturated carbocycles. The minimum atomic E-state index is -3.50. The van der Waals surface area contributed by atoms with Gasteiger partial charge < -0.3 is 10.2 Å². The quantitative estimate of drug-likeness (QED) is 0.510. The number of amides is 2. The molecule has 2 N–H and O–H groups in total. The summed E-state index contributed by atoms with van der Waals surface area (Å²) in [4.78, 5) is 35.5. The van der Waals surface area contributed by atoms with Gasteiger partial charge in [0.1, 0.15) is 17.1 Å². The number of imide groups is 1. The van der Waals surface area contributed by atoms with E-state index in [9.17, 15) is 42.9 Å². The first-order valence-electron chi connectivity index (χ1n) is 6.86. The van der Waals surface area contributed by atoms with Crippen LogP contribution in [0.2, 0.25) is 0 Å². The van der Waals surface area contributed by atoms with Crippen LogP contribution in [0.4, 0.5) is 0 Å². The number of carboxylic acid groups (broad SMARTS) is 1. The molecule has 1 aromatic carbocycles. The van der Waals surface area contributed by atoms with Crippen LogP contribution in [0.25, 0.3) is 0 Å². The Morgan fingerprint density at radius 1 is 1.04 bits per heavy atom. The van der Waals surface area contributed by atoms with Crippen molar-refractivity contribution in [3.63, 3.8) is 0 Å². The zero-order valence-electron chi connectivity index (χ0n) is 12.4. The largest absolute Gasteiger partial charge is 0.507 e. The lowest BCUT2D eigenvalue weighted by Gasteiger charge is -2.23. The van der Waals surface area contributed by atoms with Gasteiger partial charge >= 0.3 is 21.3 Å². The maximum atomic E-state index is 11.8. The molecule has 0 aromatic heterocycles. The third kappa shape index (κ3) is 3.60. The molecule has 132 valence electrons. The monoisotopic (exact) mass is 387 g/mol. The van der Waals surface area contributed by atoms with E-state index >= 15 is 0 Å². The summed E-state index contributed by atoms with van der Waals surface area (Å²) in [6.45, 7) is 0. The minimum absolute atomic E-state index is 0.154. The summed E-state index contributed by atoms with van der Waals surface area (Å²) in [6, 6.07) is 0.266. The Hall–Kier alpha value is -2.57. The molecule has 0 aliphatic carbocycles. The fourth-order valence-electron chi connectivity index (χ4n) is 2.60. The molecule has 2 amide bonds. The van der Waals surface area contributed by atoms with Gasteiger partial charge in [-0.05, 0) is 11.6 Å². The van der Waals surface area contributed by atoms with E-state index in [1.54, 1.807) is 0 Å². The standard InChI is InChI=1S/C13H11NO9P2/c15-8-2-1-6(11(24(20)21)12(8)25(22)23)5-7(13(18)19)14-9(16)3-4-10(14)17/h1-2,7,15H,3-5H2,(H,18,19). The number of nitrogens with zero attached hydrogens (tertiary/aromatic N) is 1. The molecule has 1 aromatic rings. The molecule has 1 fully saturated rings. The van der Waals surface area contributed by atoms with Crippen molar-refractivity contribution in [1.29, 1.82) is 0 Å². The zero-order chi connectivity index (χ0) is 18.9. The molecule has 0 radical (unpaired) electrons. The highest BCUT2D eigenvalue weighted by Crippen LogP contribution is 2.24. The Morgan fingerprint density at radius 2 is 1.56 bits per heavy atom. The Labute approximate surface area is 141 Å². The van der Waals surface area contributed by atoms with Gasteiger partial charge in [0.15, 0.2) is 0 Å². The molecular formula is C13H11NO9P2. The van der Waals surface area contributed by atoms with Crippen LogP contribution in [0.3, 0.4) is 0 Å². The van der Waals surface area contributed by atoms with Crippen molar-refractivity contribution in [3.8, 4) is 5.75 Å². The van der Waals surface area contributed by atoms with Crippen LogP contribution in [0.1, 0.15) is 18.4 Å². The molecular weight excluding hydrogens is 376 g/mol. The van der Waals surface area contributed by atoms with E-state index in [0.717, 1.165) is 12.1 Å². The van der Waals surface area contributed by atoms with E-state index in [1.807, 2.05) is 0 Å². The summed E-state index contributed by atoms with van der Waals surface area (Å²) in [5.74, 6) is -3.76. The first-order valence-corrected chi connectivity index (χ1v) is 9.22. The van der Waals surface area contributed by atoms with Gasteiger partial charge in [-0.2, -0.15) is 0 Å². The molecule has 1 aliphatic heterocycles. The first kappa shape index (κ1) is 18.8. The first-order chi connectivity index (χ1) is 11.6. The van der Waals surface area contributed by atoms with Gasteiger partial charge in [0.05, 0.1) is 5.30 Å². The van der Waals surface area contributed by atoms with Gasteiger partial charge in [0, 0.05) is 19.3 Å². The molecule has 25 heavy (non-hydrogen) atoms. The molecule has 1 unspecified atom stereocenters. The van der Waals surface area contributed by atoms with Crippen molar-refractivity contribution < 1.29 is 42.9 Å². The van der Waals surface area contributed by atoms with Crippen LogP contribution < -0.4 is 10.6 Å². The van der Waals surface area contributed by atoms with Crippen molar-refractivity contribution in [2.45, 2.75) is 25.3 Å². The molecule has 1 atom stereocenters. The van der Waals surface area contributed by atoms with Gasteiger partial charge in [-0.1, -0.05) is 6.07 Å². The maximum absolute atomic E-state index is 11.8. The van der Waals surface area contributed by atoms with Gasteiger partial charge in [0.2, 0.25) is 11.8 Å². The molecule has 1 saturated heterocycles. The van der Waals surface area contributed by atoms with Gasteiger partial charge in [0.25, 0.3) is 0 Å². The number of hydrogen-bond acceptors (Lipinski definition) is 8. The average molecular weight is 387 g/mol. The molecule has 0 bridgehead atoms. The van der Waals surface area contributed by atoms with E-state index in [0.29, 0.717) is 4.90 Å². The third-order valence-electron chi connectivity index (χ3n) is 3.68. The molecule has 2 rings (SSSR count). The number of carbonyl (C=O) groups excluding carboxylic acids is 2. The second-order valence-electron chi connectivity index (χ2n) is 5.17. The number of phenols is 1. The van der Waals surface area contributed by atoms with Crippen LogP contribution in [-0.2, 0) is 39.1 Å². The lowest BCUT2D eigenvalue weighted by atomic mass is 10.0. The highest BCUT2D eigenvalue weighted by atomic mass is 31.1. The molecule has 1 heterocycles. The predicted molar refractivity (Wildman–Crippen MR) is 80.2 cm³/mol. The Morgan fingerprint density at radius 3 is 2.00 bits per heavy atom. The number of benzene rings is 1. The summed E-state index contributed by atoms with van der Waals surface area (Å²) in [5.41, 5.74) is -0.233.